The van der Waals surface area contributed by atoms with Crippen LogP contribution >= 0.6 is 11.6 Å². The van der Waals surface area contributed by atoms with Crippen molar-refractivity contribution in [1.82, 2.24) is 0 Å². The Balaban J connectivity index is 2.04. The molecule has 39 heavy (non-hydrogen) atoms. The normalized spacial score (nSPS) is 16.7. The van der Waals surface area contributed by atoms with Crippen molar-refractivity contribution in [3.63, 3.8) is 0 Å². The van der Waals surface area contributed by atoms with Gasteiger partial charge in [0.2, 0.25) is 0 Å². The summed E-state index contributed by atoms with van der Waals surface area (Å²) in [6, 6.07) is 12.3. The van der Waals surface area contributed by atoms with Crippen LogP contribution < -0.4 is 14.4 Å². The van der Waals surface area contributed by atoms with E-state index in [0.717, 1.165) is 11.1 Å². The second-order valence-corrected chi connectivity index (χ2v) is 10.3. The molecule has 1 unspecified atom stereocenters. The molecule has 1 saturated heterocycles. The highest BCUT2D eigenvalue weighted by molar-refractivity contribution is 6.52. The van der Waals surface area contributed by atoms with E-state index >= 15 is 0 Å². The molecule has 4 rings (SSSR count). The van der Waals surface area contributed by atoms with E-state index in [-0.39, 0.29) is 28.7 Å². The molecule has 0 spiro atoms. The van der Waals surface area contributed by atoms with Gasteiger partial charge in [0.15, 0.2) is 11.5 Å². The zero-order chi connectivity index (χ0) is 28.6. The van der Waals surface area contributed by atoms with Crippen LogP contribution in [0.5, 0.6) is 17.2 Å². The van der Waals surface area contributed by atoms with Crippen molar-refractivity contribution in [1.29, 1.82) is 0 Å². The Kier molecular flexibility index (Phi) is 7.93. The van der Waals surface area contributed by atoms with E-state index in [1.54, 1.807) is 50.4 Å². The summed E-state index contributed by atoms with van der Waals surface area (Å²) in [5.74, 6) is -1.06. The third-order valence-corrected chi connectivity index (χ3v) is 7.16. The number of aliphatic hydroxyl groups excluding tert-OH is 1. The number of amides is 1. The number of aromatic hydroxyl groups is 1. The van der Waals surface area contributed by atoms with Crippen molar-refractivity contribution in [2.24, 2.45) is 0 Å². The van der Waals surface area contributed by atoms with Gasteiger partial charge < -0.3 is 19.7 Å². The highest BCUT2D eigenvalue weighted by Crippen LogP contribution is 2.46. The number of carbonyl (C=O) groups is 2. The number of methoxy groups -OCH3 is 1. The number of halogens is 1. The Morgan fingerprint density at radius 3 is 2.38 bits per heavy atom. The van der Waals surface area contributed by atoms with Crippen LogP contribution in [0.25, 0.3) is 5.76 Å². The standard InChI is InChI=1S/C31H32ClNO6/c1-7-39-26-13-19(9-11-24(26)34)28-27(29(35)22-15-21(16(2)3)25(38-6)12-18(22)5)30(36)31(37)33(28)23-14-20(32)10-8-17(23)4/h8-16,28,34-35H,7H2,1-6H3/b29-27+. The number of ether oxygens (including phenoxy) is 2. The molecule has 2 N–H and O–H groups in total. The van der Waals surface area contributed by atoms with Gasteiger partial charge in [-0.2, -0.15) is 0 Å². The van der Waals surface area contributed by atoms with Crippen molar-refractivity contribution in [3.05, 3.63) is 86.9 Å². The minimum Gasteiger partial charge on any atom is -0.507 e. The third kappa shape index (κ3) is 5.06. The first-order valence-corrected chi connectivity index (χ1v) is 13.1. The van der Waals surface area contributed by atoms with Crippen molar-refractivity contribution in [3.8, 4) is 17.2 Å². The SMILES string of the molecule is CCOc1cc(C2/C(=C(\O)c3cc(C(C)C)c(OC)cc3C)C(=O)C(=O)N2c2cc(Cl)ccc2C)ccc1O. The van der Waals surface area contributed by atoms with E-state index in [9.17, 15) is 19.8 Å². The number of carbonyl (C=O) groups excluding carboxylic acids is 2. The molecule has 1 aliphatic rings. The molecule has 204 valence electrons. The molecule has 1 aliphatic heterocycles. The van der Waals surface area contributed by atoms with Crippen LogP contribution in [0.1, 0.15) is 60.5 Å². The van der Waals surface area contributed by atoms with Crippen LogP contribution in [-0.2, 0) is 9.59 Å². The van der Waals surface area contributed by atoms with Crippen LogP contribution in [0, 0.1) is 13.8 Å². The largest absolute Gasteiger partial charge is 0.507 e. The van der Waals surface area contributed by atoms with E-state index in [1.807, 2.05) is 33.8 Å². The van der Waals surface area contributed by atoms with Gasteiger partial charge in [-0.1, -0.05) is 37.6 Å². The Bertz CT molecular complexity index is 1490. The van der Waals surface area contributed by atoms with E-state index in [4.69, 9.17) is 21.1 Å². The summed E-state index contributed by atoms with van der Waals surface area (Å²) in [5, 5.41) is 22.5. The van der Waals surface area contributed by atoms with Gasteiger partial charge in [-0.25, -0.2) is 0 Å². The second kappa shape index (κ2) is 11.0. The molecule has 8 heteroatoms. The first kappa shape index (κ1) is 28.0. The number of benzene rings is 3. The zero-order valence-electron chi connectivity index (χ0n) is 22.8. The molecule has 0 radical (unpaired) electrons. The highest BCUT2D eigenvalue weighted by atomic mass is 35.5. The number of aryl methyl sites for hydroxylation is 2. The fourth-order valence-corrected chi connectivity index (χ4v) is 5.10. The number of hydrogen-bond acceptors (Lipinski definition) is 6. The van der Waals surface area contributed by atoms with Gasteiger partial charge in [-0.15, -0.1) is 0 Å². The molecule has 3 aromatic carbocycles. The first-order valence-electron chi connectivity index (χ1n) is 12.7. The molecule has 1 heterocycles. The molecule has 0 aromatic heterocycles. The summed E-state index contributed by atoms with van der Waals surface area (Å²) in [6.07, 6.45) is 0. The van der Waals surface area contributed by atoms with Crippen LogP contribution in [0.15, 0.2) is 54.1 Å². The quantitative estimate of drug-likeness (QED) is 0.191. The number of phenols is 1. The molecule has 0 saturated carbocycles. The average molecular weight is 550 g/mol. The number of aliphatic hydroxyl groups is 1. The maximum atomic E-state index is 13.7. The minimum absolute atomic E-state index is 0.0736. The third-order valence-electron chi connectivity index (χ3n) is 6.93. The summed E-state index contributed by atoms with van der Waals surface area (Å²) in [4.78, 5) is 28.6. The van der Waals surface area contributed by atoms with E-state index < -0.39 is 17.7 Å². The smallest absolute Gasteiger partial charge is 0.300 e. The lowest BCUT2D eigenvalue weighted by atomic mass is 9.90. The Morgan fingerprint density at radius 1 is 1.03 bits per heavy atom. The number of phenolic OH excluding ortho intramolecular Hbond substituents is 1. The first-order chi connectivity index (χ1) is 18.5. The van der Waals surface area contributed by atoms with Gasteiger partial charge in [0.25, 0.3) is 11.7 Å². The Hall–Kier alpha value is -3.97. The molecule has 3 aromatic rings. The van der Waals surface area contributed by atoms with Gasteiger partial charge in [-0.3, -0.25) is 14.5 Å². The summed E-state index contributed by atoms with van der Waals surface area (Å²) < 4.78 is 11.1. The van der Waals surface area contributed by atoms with Gasteiger partial charge in [-0.05, 0) is 85.3 Å². The van der Waals surface area contributed by atoms with Gasteiger partial charge in [0.05, 0.1) is 25.3 Å². The van der Waals surface area contributed by atoms with Gasteiger partial charge in [0, 0.05) is 16.3 Å². The number of Topliss-reactive ketones (excluding diaryl/α,β-unsaturated/α-hetero) is 1. The molecule has 7 nitrogen and oxygen atoms in total. The number of anilines is 1. The Labute approximate surface area is 233 Å². The summed E-state index contributed by atoms with van der Waals surface area (Å²) in [6.45, 7) is 9.71. The van der Waals surface area contributed by atoms with Crippen molar-refractivity contribution < 1.29 is 29.3 Å². The minimum atomic E-state index is -1.01. The Morgan fingerprint density at radius 2 is 1.74 bits per heavy atom. The molecular weight excluding hydrogens is 518 g/mol. The summed E-state index contributed by atoms with van der Waals surface area (Å²) in [7, 11) is 1.58. The molecule has 0 bridgehead atoms. The van der Waals surface area contributed by atoms with Crippen molar-refractivity contribution >= 4 is 34.7 Å². The number of rotatable bonds is 7. The lowest BCUT2D eigenvalue weighted by molar-refractivity contribution is -0.132. The summed E-state index contributed by atoms with van der Waals surface area (Å²) in [5.41, 5.74) is 3.52. The lowest BCUT2D eigenvalue weighted by Crippen LogP contribution is -2.30. The van der Waals surface area contributed by atoms with Crippen molar-refractivity contribution in [2.75, 3.05) is 18.6 Å². The highest BCUT2D eigenvalue weighted by Gasteiger charge is 2.47. The van der Waals surface area contributed by atoms with Crippen LogP contribution in [0.2, 0.25) is 5.02 Å². The predicted octanol–water partition coefficient (Wildman–Crippen LogP) is 6.82. The second-order valence-electron chi connectivity index (χ2n) is 9.82. The maximum absolute atomic E-state index is 13.7. The average Bonchev–Trinajstić information content (AvgIpc) is 3.16. The topological polar surface area (TPSA) is 96.3 Å². The maximum Gasteiger partial charge on any atom is 0.300 e. The summed E-state index contributed by atoms with van der Waals surface area (Å²) >= 11 is 6.30. The van der Waals surface area contributed by atoms with Crippen LogP contribution in [0.4, 0.5) is 5.69 Å². The van der Waals surface area contributed by atoms with E-state index in [0.29, 0.717) is 39.8 Å². The van der Waals surface area contributed by atoms with E-state index in [2.05, 4.69) is 0 Å². The predicted molar refractivity (Wildman–Crippen MR) is 152 cm³/mol. The molecular formula is C31H32ClNO6. The van der Waals surface area contributed by atoms with E-state index in [1.165, 1.54) is 11.0 Å². The number of hydrogen-bond donors (Lipinski definition) is 2. The molecule has 1 atom stereocenters. The zero-order valence-corrected chi connectivity index (χ0v) is 23.6. The number of nitrogens with zero attached hydrogens (tertiary/aromatic N) is 1. The molecule has 1 fully saturated rings. The fourth-order valence-electron chi connectivity index (χ4n) is 4.94. The molecule has 0 aliphatic carbocycles. The van der Waals surface area contributed by atoms with Gasteiger partial charge in [0.1, 0.15) is 11.5 Å². The van der Waals surface area contributed by atoms with Crippen molar-refractivity contribution in [2.45, 2.75) is 46.6 Å². The van der Waals surface area contributed by atoms with Gasteiger partial charge >= 0.3 is 0 Å². The van der Waals surface area contributed by atoms with Crippen LogP contribution in [0.3, 0.4) is 0 Å². The monoisotopic (exact) mass is 549 g/mol. The number of ketones is 1. The fraction of sp³-hybridized carbons (Fsp3) is 0.290. The lowest BCUT2D eigenvalue weighted by Gasteiger charge is -2.27. The van der Waals surface area contributed by atoms with Crippen LogP contribution in [-0.4, -0.2) is 35.6 Å². The molecule has 1 amide bonds.